The average molecular weight is 235 g/mol. The lowest BCUT2D eigenvalue weighted by atomic mass is 10.0. The Labute approximate surface area is 103 Å². The summed E-state index contributed by atoms with van der Waals surface area (Å²) in [6.07, 6.45) is 0.305. The molecule has 1 aromatic rings. The predicted octanol–water partition coefficient (Wildman–Crippen LogP) is 1.82. The molecule has 0 bridgehead atoms. The Morgan fingerprint density at radius 3 is 2.59 bits per heavy atom. The van der Waals surface area contributed by atoms with Crippen LogP contribution in [0.3, 0.4) is 0 Å². The first-order valence-corrected chi connectivity index (χ1v) is 5.64. The zero-order valence-electron chi connectivity index (χ0n) is 10.9. The minimum Gasteiger partial charge on any atom is -0.378 e. The second-order valence-electron chi connectivity index (χ2n) is 5.16. The molecule has 1 aromatic carbocycles. The van der Waals surface area contributed by atoms with Gasteiger partial charge in [0, 0.05) is 37.4 Å². The van der Waals surface area contributed by atoms with Gasteiger partial charge in [0.25, 0.3) is 0 Å². The first-order chi connectivity index (χ1) is 7.78. The monoisotopic (exact) mass is 235 g/mol. The van der Waals surface area contributed by atoms with Crippen LogP contribution >= 0.6 is 0 Å². The number of carbonyl (C=O) groups is 1. The molecular formula is C13H21N3O. The smallest absolute Gasteiger partial charge is 0.226 e. The number of benzene rings is 1. The molecule has 0 atom stereocenters. The molecule has 0 fully saturated rings. The second kappa shape index (κ2) is 5.19. The zero-order chi connectivity index (χ0) is 13.1. The van der Waals surface area contributed by atoms with Gasteiger partial charge in [0.15, 0.2) is 0 Å². The van der Waals surface area contributed by atoms with Gasteiger partial charge in [-0.15, -0.1) is 0 Å². The summed E-state index contributed by atoms with van der Waals surface area (Å²) in [6.45, 7) is 3.67. The Hall–Kier alpha value is -1.55. The van der Waals surface area contributed by atoms with E-state index in [1.54, 1.807) is 0 Å². The minimum atomic E-state index is -0.483. The standard InChI is InChI=1S/C13H21N3O/c1-13(2,14)9-12(17)15-10-6-5-7-11(8-10)16(3)4/h5-8H,9,14H2,1-4H3,(H,15,17). The summed E-state index contributed by atoms with van der Waals surface area (Å²) in [6, 6.07) is 7.71. The summed E-state index contributed by atoms with van der Waals surface area (Å²) in [5, 5.41) is 2.85. The number of amides is 1. The first-order valence-electron chi connectivity index (χ1n) is 5.64. The number of hydrogen-bond acceptors (Lipinski definition) is 3. The fourth-order valence-electron chi connectivity index (χ4n) is 1.48. The fraction of sp³-hybridized carbons (Fsp3) is 0.462. The minimum absolute atomic E-state index is 0.0617. The molecule has 0 radical (unpaired) electrons. The molecule has 0 spiro atoms. The van der Waals surface area contributed by atoms with E-state index in [0.717, 1.165) is 11.4 Å². The van der Waals surface area contributed by atoms with Crippen LogP contribution in [0.4, 0.5) is 11.4 Å². The van der Waals surface area contributed by atoms with Crippen LogP contribution in [0.1, 0.15) is 20.3 Å². The van der Waals surface area contributed by atoms with E-state index in [-0.39, 0.29) is 5.91 Å². The predicted molar refractivity (Wildman–Crippen MR) is 72.3 cm³/mol. The Bertz CT molecular complexity index is 394. The van der Waals surface area contributed by atoms with Gasteiger partial charge in [-0.25, -0.2) is 0 Å². The lowest BCUT2D eigenvalue weighted by Gasteiger charge is -2.18. The van der Waals surface area contributed by atoms with Crippen molar-refractivity contribution in [2.75, 3.05) is 24.3 Å². The Kier molecular flexibility index (Phi) is 4.12. The van der Waals surface area contributed by atoms with Gasteiger partial charge >= 0.3 is 0 Å². The molecule has 4 nitrogen and oxygen atoms in total. The van der Waals surface area contributed by atoms with Gasteiger partial charge < -0.3 is 16.0 Å². The van der Waals surface area contributed by atoms with E-state index in [4.69, 9.17) is 5.73 Å². The Morgan fingerprint density at radius 1 is 1.41 bits per heavy atom. The largest absolute Gasteiger partial charge is 0.378 e. The van der Waals surface area contributed by atoms with Crippen LogP contribution in [0, 0.1) is 0 Å². The molecule has 4 heteroatoms. The molecule has 0 aliphatic carbocycles. The average Bonchev–Trinajstić information content (AvgIpc) is 2.14. The molecule has 0 saturated heterocycles. The lowest BCUT2D eigenvalue weighted by Crippen LogP contribution is -2.36. The fourth-order valence-corrected chi connectivity index (χ4v) is 1.48. The van der Waals surface area contributed by atoms with Crippen molar-refractivity contribution in [1.82, 2.24) is 0 Å². The molecule has 17 heavy (non-hydrogen) atoms. The van der Waals surface area contributed by atoms with Gasteiger partial charge in [0.05, 0.1) is 0 Å². The zero-order valence-corrected chi connectivity index (χ0v) is 10.9. The van der Waals surface area contributed by atoms with Gasteiger partial charge in [0.2, 0.25) is 5.91 Å². The third kappa shape index (κ3) is 4.87. The molecule has 1 amide bonds. The van der Waals surface area contributed by atoms with E-state index in [2.05, 4.69) is 5.32 Å². The molecule has 0 aliphatic rings. The molecule has 0 unspecified atom stereocenters. The highest BCUT2D eigenvalue weighted by molar-refractivity contribution is 5.91. The summed E-state index contributed by atoms with van der Waals surface area (Å²) in [7, 11) is 3.92. The number of carbonyl (C=O) groups excluding carboxylic acids is 1. The van der Waals surface area contributed by atoms with Crippen LogP contribution in [0.5, 0.6) is 0 Å². The van der Waals surface area contributed by atoms with Gasteiger partial charge in [-0.3, -0.25) is 4.79 Å². The number of rotatable bonds is 4. The van der Waals surface area contributed by atoms with Crippen molar-refractivity contribution < 1.29 is 4.79 Å². The van der Waals surface area contributed by atoms with Crippen molar-refractivity contribution in [3.8, 4) is 0 Å². The second-order valence-corrected chi connectivity index (χ2v) is 5.16. The normalized spacial score (nSPS) is 11.1. The molecule has 0 aromatic heterocycles. The SMILES string of the molecule is CN(C)c1cccc(NC(=O)CC(C)(C)N)c1. The van der Waals surface area contributed by atoms with Gasteiger partial charge in [-0.1, -0.05) is 6.07 Å². The Balaban J connectivity index is 2.69. The van der Waals surface area contributed by atoms with Gasteiger partial charge in [-0.2, -0.15) is 0 Å². The molecule has 3 N–H and O–H groups in total. The van der Waals surface area contributed by atoms with Crippen LogP contribution in [-0.4, -0.2) is 25.5 Å². The van der Waals surface area contributed by atoms with Crippen molar-refractivity contribution in [3.05, 3.63) is 24.3 Å². The first kappa shape index (κ1) is 13.5. The van der Waals surface area contributed by atoms with Gasteiger partial charge in [0.1, 0.15) is 0 Å². The Morgan fingerprint density at radius 2 is 2.06 bits per heavy atom. The number of nitrogens with zero attached hydrogens (tertiary/aromatic N) is 1. The van der Waals surface area contributed by atoms with Crippen LogP contribution in [0.15, 0.2) is 24.3 Å². The summed E-state index contributed by atoms with van der Waals surface area (Å²) in [5.74, 6) is -0.0617. The van der Waals surface area contributed by atoms with E-state index in [1.165, 1.54) is 0 Å². The number of nitrogens with two attached hydrogens (primary N) is 1. The van der Waals surface area contributed by atoms with Crippen LogP contribution in [0.25, 0.3) is 0 Å². The molecule has 94 valence electrons. The van der Waals surface area contributed by atoms with Gasteiger partial charge in [-0.05, 0) is 32.0 Å². The number of nitrogens with one attached hydrogen (secondary N) is 1. The van der Waals surface area contributed by atoms with Crippen LogP contribution < -0.4 is 16.0 Å². The molecule has 1 rings (SSSR count). The van der Waals surface area contributed by atoms with Crippen molar-refractivity contribution >= 4 is 17.3 Å². The molecule has 0 aliphatic heterocycles. The summed E-state index contributed by atoms with van der Waals surface area (Å²) in [4.78, 5) is 13.7. The highest BCUT2D eigenvalue weighted by Crippen LogP contribution is 2.18. The highest BCUT2D eigenvalue weighted by atomic mass is 16.1. The quantitative estimate of drug-likeness (QED) is 0.837. The maximum Gasteiger partial charge on any atom is 0.226 e. The topological polar surface area (TPSA) is 58.4 Å². The van der Waals surface area contributed by atoms with E-state index < -0.39 is 5.54 Å². The van der Waals surface area contributed by atoms with Crippen molar-refractivity contribution in [2.24, 2.45) is 5.73 Å². The molecular weight excluding hydrogens is 214 g/mol. The third-order valence-electron chi connectivity index (χ3n) is 2.26. The third-order valence-corrected chi connectivity index (χ3v) is 2.26. The summed E-state index contributed by atoms with van der Waals surface area (Å²) >= 11 is 0. The van der Waals surface area contributed by atoms with Crippen LogP contribution in [0.2, 0.25) is 0 Å². The number of hydrogen-bond donors (Lipinski definition) is 2. The summed E-state index contributed by atoms with van der Waals surface area (Å²) < 4.78 is 0. The van der Waals surface area contributed by atoms with E-state index in [9.17, 15) is 4.79 Å². The summed E-state index contributed by atoms with van der Waals surface area (Å²) in [5.41, 5.74) is 7.16. The molecule has 0 heterocycles. The number of anilines is 2. The highest BCUT2D eigenvalue weighted by Gasteiger charge is 2.16. The lowest BCUT2D eigenvalue weighted by molar-refractivity contribution is -0.117. The van der Waals surface area contributed by atoms with E-state index >= 15 is 0 Å². The van der Waals surface area contributed by atoms with Crippen molar-refractivity contribution in [2.45, 2.75) is 25.8 Å². The molecule has 0 saturated carbocycles. The van der Waals surface area contributed by atoms with Crippen molar-refractivity contribution in [3.63, 3.8) is 0 Å². The van der Waals surface area contributed by atoms with E-state index in [0.29, 0.717) is 6.42 Å². The van der Waals surface area contributed by atoms with Crippen LogP contribution in [-0.2, 0) is 4.79 Å². The van der Waals surface area contributed by atoms with Crippen molar-refractivity contribution in [1.29, 1.82) is 0 Å². The maximum absolute atomic E-state index is 11.7. The maximum atomic E-state index is 11.7. The van der Waals surface area contributed by atoms with E-state index in [1.807, 2.05) is 57.1 Å².